The number of aromatic amines is 1. The van der Waals surface area contributed by atoms with Crippen LogP contribution in [0.1, 0.15) is 29.3 Å². The molecule has 0 fully saturated rings. The number of ketones is 1. The van der Waals surface area contributed by atoms with Crippen molar-refractivity contribution in [2.24, 2.45) is 5.73 Å². The lowest BCUT2D eigenvalue weighted by molar-refractivity contribution is 0.0987. The zero-order valence-corrected chi connectivity index (χ0v) is 9.42. The topological polar surface area (TPSA) is 58.9 Å². The van der Waals surface area contributed by atoms with E-state index < -0.39 is 0 Å². The first-order valence-electron chi connectivity index (χ1n) is 5.59. The summed E-state index contributed by atoms with van der Waals surface area (Å²) in [6, 6.07) is 6.18. The summed E-state index contributed by atoms with van der Waals surface area (Å²) in [6.45, 7) is 2.51. The van der Waals surface area contributed by atoms with Crippen LogP contribution in [0.3, 0.4) is 0 Å². The maximum Gasteiger partial charge on any atom is 0.166 e. The van der Waals surface area contributed by atoms with Crippen LogP contribution < -0.4 is 5.73 Å². The van der Waals surface area contributed by atoms with Gasteiger partial charge in [0.1, 0.15) is 0 Å². The number of H-pyrrole nitrogens is 1. The number of aryl methyl sites for hydroxylation is 1. The third-order valence-corrected chi connectivity index (χ3v) is 2.83. The standard InChI is InChI=1S/C13H16N2O/c1-2-9-3-4-12-10(7-9)11(8-15-12)13(16)5-6-14/h3-4,7-8,15H,2,5-6,14H2,1H3. The molecule has 0 radical (unpaired) electrons. The van der Waals surface area contributed by atoms with Crippen molar-refractivity contribution in [3.05, 3.63) is 35.5 Å². The fourth-order valence-electron chi connectivity index (χ4n) is 1.88. The maximum atomic E-state index is 11.8. The zero-order valence-electron chi connectivity index (χ0n) is 9.42. The minimum atomic E-state index is 0.113. The highest BCUT2D eigenvalue weighted by Crippen LogP contribution is 2.21. The summed E-state index contributed by atoms with van der Waals surface area (Å²) in [5.41, 5.74) is 8.42. The summed E-state index contributed by atoms with van der Waals surface area (Å²) in [5, 5.41) is 1.01. The van der Waals surface area contributed by atoms with Crippen molar-refractivity contribution in [2.45, 2.75) is 19.8 Å². The molecule has 0 saturated carbocycles. The SMILES string of the molecule is CCc1ccc2[nH]cc(C(=O)CCN)c2c1. The molecule has 0 unspecified atom stereocenters. The average Bonchev–Trinajstić information content (AvgIpc) is 2.71. The van der Waals surface area contributed by atoms with E-state index in [-0.39, 0.29) is 5.78 Å². The number of Topliss-reactive ketones (excluding diaryl/α,β-unsaturated/α-hetero) is 1. The highest BCUT2D eigenvalue weighted by Gasteiger charge is 2.11. The van der Waals surface area contributed by atoms with Crippen molar-refractivity contribution < 1.29 is 4.79 Å². The van der Waals surface area contributed by atoms with E-state index in [0.717, 1.165) is 22.9 Å². The van der Waals surface area contributed by atoms with Crippen molar-refractivity contribution in [3.8, 4) is 0 Å². The van der Waals surface area contributed by atoms with Crippen LogP contribution in [-0.4, -0.2) is 17.3 Å². The minimum Gasteiger partial charge on any atom is -0.360 e. The monoisotopic (exact) mass is 216 g/mol. The lowest BCUT2D eigenvalue weighted by Crippen LogP contribution is -2.07. The Morgan fingerprint density at radius 3 is 2.94 bits per heavy atom. The molecule has 1 aromatic carbocycles. The van der Waals surface area contributed by atoms with Crippen molar-refractivity contribution in [1.82, 2.24) is 4.98 Å². The summed E-state index contributed by atoms with van der Waals surface area (Å²) in [6.07, 6.45) is 3.16. The van der Waals surface area contributed by atoms with Crippen molar-refractivity contribution in [1.29, 1.82) is 0 Å². The van der Waals surface area contributed by atoms with Gasteiger partial charge in [0.25, 0.3) is 0 Å². The predicted molar refractivity (Wildman–Crippen MR) is 65.7 cm³/mol. The number of aromatic nitrogens is 1. The number of nitrogens with one attached hydrogen (secondary N) is 1. The van der Waals surface area contributed by atoms with E-state index in [4.69, 9.17) is 5.73 Å². The Morgan fingerprint density at radius 1 is 1.44 bits per heavy atom. The molecule has 0 aliphatic rings. The smallest absolute Gasteiger partial charge is 0.166 e. The van der Waals surface area contributed by atoms with Crippen LogP contribution in [0.5, 0.6) is 0 Å². The quantitative estimate of drug-likeness (QED) is 0.770. The molecule has 1 heterocycles. The van der Waals surface area contributed by atoms with E-state index in [9.17, 15) is 4.79 Å². The number of rotatable bonds is 4. The molecule has 0 aliphatic carbocycles. The molecule has 3 N–H and O–H groups in total. The first-order valence-corrected chi connectivity index (χ1v) is 5.59. The highest BCUT2D eigenvalue weighted by molar-refractivity contribution is 6.08. The number of hydrogen-bond acceptors (Lipinski definition) is 2. The van der Waals surface area contributed by atoms with E-state index in [1.807, 2.05) is 6.07 Å². The Balaban J connectivity index is 2.49. The van der Waals surface area contributed by atoms with Gasteiger partial charge in [-0.15, -0.1) is 0 Å². The van der Waals surface area contributed by atoms with Gasteiger partial charge in [-0.1, -0.05) is 13.0 Å². The van der Waals surface area contributed by atoms with Crippen LogP contribution >= 0.6 is 0 Å². The molecule has 1 aromatic heterocycles. The van der Waals surface area contributed by atoms with E-state index in [1.165, 1.54) is 5.56 Å². The van der Waals surface area contributed by atoms with Crippen molar-refractivity contribution >= 4 is 16.7 Å². The van der Waals surface area contributed by atoms with Crippen LogP contribution in [0.25, 0.3) is 10.9 Å². The van der Waals surface area contributed by atoms with Gasteiger partial charge >= 0.3 is 0 Å². The Hall–Kier alpha value is -1.61. The third-order valence-electron chi connectivity index (χ3n) is 2.83. The van der Waals surface area contributed by atoms with Crippen LogP contribution in [-0.2, 0) is 6.42 Å². The first-order chi connectivity index (χ1) is 7.76. The molecule has 0 spiro atoms. The predicted octanol–water partition coefficient (Wildman–Crippen LogP) is 2.26. The van der Waals surface area contributed by atoms with Crippen LogP contribution in [0.15, 0.2) is 24.4 Å². The summed E-state index contributed by atoms with van der Waals surface area (Å²) < 4.78 is 0. The second kappa shape index (κ2) is 4.49. The van der Waals surface area contributed by atoms with E-state index >= 15 is 0 Å². The van der Waals surface area contributed by atoms with E-state index in [2.05, 4.69) is 24.0 Å². The molecule has 16 heavy (non-hydrogen) atoms. The van der Waals surface area contributed by atoms with E-state index in [0.29, 0.717) is 13.0 Å². The number of carbonyl (C=O) groups is 1. The minimum absolute atomic E-state index is 0.113. The molecule has 0 amide bonds. The number of nitrogens with two attached hydrogens (primary N) is 1. The van der Waals surface area contributed by atoms with Crippen LogP contribution in [0.2, 0.25) is 0 Å². The summed E-state index contributed by atoms with van der Waals surface area (Å²) >= 11 is 0. The molecule has 0 bridgehead atoms. The number of hydrogen-bond donors (Lipinski definition) is 2. The second-order valence-corrected chi connectivity index (χ2v) is 3.90. The molecule has 3 nitrogen and oxygen atoms in total. The average molecular weight is 216 g/mol. The molecule has 0 saturated heterocycles. The Bertz CT molecular complexity index is 514. The Kier molecular flexibility index (Phi) is 3.06. The third kappa shape index (κ3) is 1.86. The number of fused-ring (bicyclic) bond motifs is 1. The van der Waals surface area contributed by atoms with Gasteiger partial charge in [0.15, 0.2) is 5.78 Å². The van der Waals surface area contributed by atoms with Gasteiger partial charge in [-0.2, -0.15) is 0 Å². The summed E-state index contributed by atoms with van der Waals surface area (Å²) in [5.74, 6) is 0.113. The molecule has 84 valence electrons. The van der Waals surface area contributed by atoms with Crippen molar-refractivity contribution in [2.75, 3.05) is 6.54 Å². The van der Waals surface area contributed by atoms with Gasteiger partial charge in [0, 0.05) is 29.1 Å². The molecule has 3 heteroatoms. The maximum absolute atomic E-state index is 11.8. The van der Waals surface area contributed by atoms with Crippen LogP contribution in [0.4, 0.5) is 0 Å². The number of benzene rings is 1. The van der Waals surface area contributed by atoms with Gasteiger partial charge in [0.2, 0.25) is 0 Å². The molecule has 2 rings (SSSR count). The second-order valence-electron chi connectivity index (χ2n) is 3.90. The molecule has 0 atom stereocenters. The normalized spacial score (nSPS) is 10.9. The Labute approximate surface area is 94.6 Å². The molecule has 2 aromatic rings. The summed E-state index contributed by atoms with van der Waals surface area (Å²) in [4.78, 5) is 14.9. The van der Waals surface area contributed by atoms with Gasteiger partial charge < -0.3 is 10.7 Å². The Morgan fingerprint density at radius 2 is 2.25 bits per heavy atom. The van der Waals surface area contributed by atoms with Crippen molar-refractivity contribution in [3.63, 3.8) is 0 Å². The van der Waals surface area contributed by atoms with Gasteiger partial charge in [-0.25, -0.2) is 0 Å². The lowest BCUT2D eigenvalue weighted by Gasteiger charge is -1.99. The van der Waals surface area contributed by atoms with Gasteiger partial charge in [-0.3, -0.25) is 4.79 Å². The largest absolute Gasteiger partial charge is 0.360 e. The molecule has 0 aliphatic heterocycles. The van der Waals surface area contributed by atoms with E-state index in [1.54, 1.807) is 6.20 Å². The lowest BCUT2D eigenvalue weighted by atomic mass is 10.0. The zero-order chi connectivity index (χ0) is 11.5. The van der Waals surface area contributed by atoms with Crippen LogP contribution in [0, 0.1) is 0 Å². The fraction of sp³-hybridized carbons (Fsp3) is 0.308. The summed E-state index contributed by atoms with van der Waals surface area (Å²) in [7, 11) is 0. The first kappa shape index (κ1) is 10.9. The highest BCUT2D eigenvalue weighted by atomic mass is 16.1. The molecular weight excluding hydrogens is 200 g/mol. The molecular formula is C13H16N2O. The van der Waals surface area contributed by atoms with Gasteiger partial charge in [0.05, 0.1) is 0 Å². The fourth-order valence-corrected chi connectivity index (χ4v) is 1.88. The van der Waals surface area contributed by atoms with Gasteiger partial charge in [-0.05, 0) is 30.7 Å². The number of carbonyl (C=O) groups excluding carboxylic acids is 1.